The number of benzene rings is 2. The minimum Gasteiger partial charge on any atom is -0.298 e. The molecule has 1 saturated heterocycles. The molecule has 34 heavy (non-hydrogen) atoms. The molecule has 1 N–H and O–H groups in total. The van der Waals surface area contributed by atoms with Gasteiger partial charge in [0.1, 0.15) is 0 Å². The molecule has 174 valence electrons. The fourth-order valence-corrected chi connectivity index (χ4v) is 5.41. The first kappa shape index (κ1) is 22.4. The van der Waals surface area contributed by atoms with Gasteiger partial charge in [0, 0.05) is 17.0 Å². The highest BCUT2D eigenvalue weighted by atomic mass is 32.1. The highest BCUT2D eigenvalue weighted by Crippen LogP contribution is 2.29. The molecule has 3 aromatic rings. The summed E-state index contributed by atoms with van der Waals surface area (Å²) in [6.07, 6.45) is 2.44. The second-order valence-corrected chi connectivity index (χ2v) is 10.1. The van der Waals surface area contributed by atoms with Crippen LogP contribution in [-0.2, 0) is 6.54 Å². The van der Waals surface area contributed by atoms with Crippen LogP contribution in [0.15, 0.2) is 48.5 Å². The van der Waals surface area contributed by atoms with Crippen LogP contribution >= 0.6 is 11.3 Å². The van der Waals surface area contributed by atoms with Crippen molar-refractivity contribution in [2.75, 3.05) is 23.3 Å². The number of thiazole rings is 1. The summed E-state index contributed by atoms with van der Waals surface area (Å²) in [4.78, 5) is 47.5. The summed E-state index contributed by atoms with van der Waals surface area (Å²) in [7, 11) is 0. The van der Waals surface area contributed by atoms with Crippen molar-refractivity contribution in [2.45, 2.75) is 33.2 Å². The summed E-state index contributed by atoms with van der Waals surface area (Å²) >= 11 is 1.51. The Balaban J connectivity index is 1.25. The zero-order chi connectivity index (χ0) is 23.8. The van der Waals surface area contributed by atoms with Crippen LogP contribution in [0.25, 0.3) is 0 Å². The maximum absolute atomic E-state index is 12.8. The monoisotopic (exact) mass is 474 g/mol. The summed E-state index contributed by atoms with van der Waals surface area (Å²) in [5, 5.41) is 3.46. The third kappa shape index (κ3) is 4.26. The number of carbonyl (C=O) groups excluding carboxylic acids is 3. The van der Waals surface area contributed by atoms with Crippen LogP contribution in [0.2, 0.25) is 0 Å². The lowest BCUT2D eigenvalue weighted by Crippen LogP contribution is -2.32. The molecule has 2 aliphatic heterocycles. The summed E-state index contributed by atoms with van der Waals surface area (Å²) < 4.78 is 0. The van der Waals surface area contributed by atoms with E-state index in [-0.39, 0.29) is 17.7 Å². The van der Waals surface area contributed by atoms with E-state index in [1.54, 1.807) is 48.5 Å². The largest absolute Gasteiger partial charge is 0.298 e. The van der Waals surface area contributed by atoms with E-state index in [9.17, 15) is 14.4 Å². The van der Waals surface area contributed by atoms with Gasteiger partial charge in [0.2, 0.25) is 0 Å². The van der Waals surface area contributed by atoms with E-state index in [2.05, 4.69) is 22.1 Å². The quantitative estimate of drug-likeness (QED) is 0.540. The molecule has 2 aromatic carbocycles. The number of likely N-dealkylation sites (tertiary alicyclic amines) is 1. The smallest absolute Gasteiger partial charge is 0.266 e. The van der Waals surface area contributed by atoms with Gasteiger partial charge in [-0.2, -0.15) is 0 Å². The molecule has 1 aromatic heterocycles. The van der Waals surface area contributed by atoms with Crippen molar-refractivity contribution in [3.63, 3.8) is 0 Å². The summed E-state index contributed by atoms with van der Waals surface area (Å²) in [6.45, 7) is 7.33. The van der Waals surface area contributed by atoms with Crippen LogP contribution in [0.5, 0.6) is 0 Å². The topological polar surface area (TPSA) is 82.6 Å². The SMILES string of the molecule is Cc1nc(NC(=O)c2ccc(N3C(=O)c4ccccc4C3=O)cc2)sc1CN1CCC(C)CC1. The molecular weight excluding hydrogens is 448 g/mol. The van der Waals surface area contributed by atoms with E-state index < -0.39 is 0 Å². The Hall–Kier alpha value is -3.36. The number of anilines is 2. The Labute approximate surface area is 202 Å². The van der Waals surface area contributed by atoms with Gasteiger partial charge in [0.25, 0.3) is 17.7 Å². The number of piperidine rings is 1. The number of amides is 3. The minimum atomic E-state index is -0.355. The third-order valence-electron chi connectivity index (χ3n) is 6.54. The number of aryl methyl sites for hydroxylation is 1. The lowest BCUT2D eigenvalue weighted by Gasteiger charge is -2.29. The number of nitrogens with one attached hydrogen (secondary N) is 1. The summed E-state index contributed by atoms with van der Waals surface area (Å²) in [5.74, 6) is -0.198. The normalized spacial score (nSPS) is 16.7. The number of hydrogen-bond acceptors (Lipinski definition) is 6. The van der Waals surface area contributed by atoms with Gasteiger partial charge in [0.15, 0.2) is 5.13 Å². The van der Waals surface area contributed by atoms with Crippen molar-refractivity contribution < 1.29 is 14.4 Å². The molecule has 3 amide bonds. The van der Waals surface area contributed by atoms with Gasteiger partial charge in [0.05, 0.1) is 22.5 Å². The first-order valence-electron chi connectivity index (χ1n) is 11.5. The standard InChI is InChI=1S/C26H26N4O3S/c1-16-11-13-29(14-12-16)15-22-17(2)27-26(34-22)28-23(31)18-7-9-19(10-8-18)30-24(32)20-5-3-4-6-21(20)25(30)33/h3-10,16H,11-15H2,1-2H3,(H,27,28,31). The minimum absolute atomic E-state index is 0.277. The van der Waals surface area contributed by atoms with Gasteiger partial charge in [-0.15, -0.1) is 11.3 Å². The zero-order valence-corrected chi connectivity index (χ0v) is 20.0. The van der Waals surface area contributed by atoms with E-state index in [0.29, 0.717) is 27.5 Å². The fraction of sp³-hybridized carbons (Fsp3) is 0.308. The van der Waals surface area contributed by atoms with Crippen molar-refractivity contribution in [1.82, 2.24) is 9.88 Å². The highest BCUT2D eigenvalue weighted by Gasteiger charge is 2.36. The second kappa shape index (κ2) is 9.12. The lowest BCUT2D eigenvalue weighted by atomic mass is 9.99. The third-order valence-corrected chi connectivity index (χ3v) is 7.60. The molecule has 5 rings (SSSR count). The Kier molecular flexibility index (Phi) is 6.02. The molecule has 7 nitrogen and oxygen atoms in total. The average molecular weight is 475 g/mol. The van der Waals surface area contributed by atoms with Crippen molar-refractivity contribution in [3.05, 3.63) is 75.8 Å². The zero-order valence-electron chi connectivity index (χ0n) is 19.2. The molecule has 2 aliphatic rings. The first-order chi connectivity index (χ1) is 16.4. The Bertz CT molecular complexity index is 1220. The van der Waals surface area contributed by atoms with Gasteiger partial charge in [-0.05, 0) is 75.2 Å². The molecule has 0 spiro atoms. The number of nitrogens with zero attached hydrogens (tertiary/aromatic N) is 3. The lowest BCUT2D eigenvalue weighted by molar-refractivity contribution is 0.0925. The molecule has 0 radical (unpaired) electrons. The first-order valence-corrected chi connectivity index (χ1v) is 12.3. The number of imide groups is 1. The van der Waals surface area contributed by atoms with Gasteiger partial charge in [-0.25, -0.2) is 9.88 Å². The number of fused-ring (bicyclic) bond motifs is 1. The fourth-order valence-electron chi connectivity index (χ4n) is 4.41. The molecule has 0 aliphatic carbocycles. The van der Waals surface area contributed by atoms with Crippen LogP contribution < -0.4 is 10.2 Å². The van der Waals surface area contributed by atoms with Crippen molar-refractivity contribution in [3.8, 4) is 0 Å². The maximum Gasteiger partial charge on any atom is 0.266 e. The van der Waals surface area contributed by atoms with Crippen molar-refractivity contribution >= 4 is 39.9 Å². The van der Waals surface area contributed by atoms with Crippen LogP contribution in [0.3, 0.4) is 0 Å². The van der Waals surface area contributed by atoms with E-state index in [1.807, 2.05) is 6.92 Å². The van der Waals surface area contributed by atoms with Gasteiger partial charge < -0.3 is 0 Å². The number of carbonyl (C=O) groups is 3. The maximum atomic E-state index is 12.8. The van der Waals surface area contributed by atoms with E-state index in [1.165, 1.54) is 29.1 Å². The van der Waals surface area contributed by atoms with Crippen LogP contribution in [-0.4, -0.2) is 40.7 Å². The van der Waals surface area contributed by atoms with Crippen LogP contribution in [0.4, 0.5) is 10.8 Å². The van der Waals surface area contributed by atoms with Crippen molar-refractivity contribution in [1.29, 1.82) is 0 Å². The number of aromatic nitrogens is 1. The van der Waals surface area contributed by atoms with E-state index in [4.69, 9.17) is 0 Å². The summed E-state index contributed by atoms with van der Waals surface area (Å²) in [5.41, 5.74) is 2.59. The second-order valence-electron chi connectivity index (χ2n) is 8.98. The predicted octanol–water partition coefficient (Wildman–Crippen LogP) is 4.74. The number of hydrogen-bond donors (Lipinski definition) is 1. The molecular formula is C26H26N4O3S. The molecule has 1 fully saturated rings. The molecule has 8 heteroatoms. The van der Waals surface area contributed by atoms with E-state index in [0.717, 1.165) is 36.1 Å². The molecule has 0 unspecified atom stereocenters. The Morgan fingerprint density at radius 1 is 1.03 bits per heavy atom. The van der Waals surface area contributed by atoms with Gasteiger partial charge >= 0.3 is 0 Å². The molecule has 0 bridgehead atoms. The Morgan fingerprint density at radius 3 is 2.26 bits per heavy atom. The summed E-state index contributed by atoms with van der Waals surface area (Å²) in [6, 6.07) is 13.2. The van der Waals surface area contributed by atoms with E-state index >= 15 is 0 Å². The predicted molar refractivity (Wildman–Crippen MR) is 133 cm³/mol. The molecule has 3 heterocycles. The van der Waals surface area contributed by atoms with Crippen LogP contribution in [0, 0.1) is 12.8 Å². The molecule has 0 atom stereocenters. The number of rotatable bonds is 5. The van der Waals surface area contributed by atoms with Crippen LogP contribution in [0.1, 0.15) is 61.4 Å². The highest BCUT2D eigenvalue weighted by molar-refractivity contribution is 7.15. The van der Waals surface area contributed by atoms with Crippen molar-refractivity contribution in [2.24, 2.45) is 5.92 Å². The molecule has 0 saturated carbocycles. The van der Waals surface area contributed by atoms with Gasteiger partial charge in [-0.1, -0.05) is 19.1 Å². The Morgan fingerprint density at radius 2 is 1.65 bits per heavy atom. The van der Waals surface area contributed by atoms with Gasteiger partial charge in [-0.3, -0.25) is 24.6 Å². The average Bonchev–Trinajstić information content (AvgIpc) is 3.31.